The Kier molecular flexibility index (Phi) is 8.08. The van der Waals surface area contributed by atoms with Gasteiger partial charge in [-0.2, -0.15) is 0 Å². The number of nitrogens with one attached hydrogen (secondary N) is 1. The second-order valence-corrected chi connectivity index (χ2v) is 5.90. The van der Waals surface area contributed by atoms with Crippen LogP contribution in [0, 0.1) is 12.3 Å². The average Bonchev–Trinajstić information content (AvgIpc) is 2.59. The standard InChI is InChI=1S/C20H28N2O2/c1-6-14-24-18-12-10-17(11-13-18)15-22(5)16-19(23)21-20(7-2,8-3)9-4/h2,6,10-13H,1,8-9,14-16H2,3-5H3,(H,21,23). The van der Waals surface area contributed by atoms with Crippen LogP contribution in [0.4, 0.5) is 0 Å². The second kappa shape index (κ2) is 9.79. The summed E-state index contributed by atoms with van der Waals surface area (Å²) in [7, 11) is 1.91. The molecule has 0 aliphatic rings. The molecule has 0 heterocycles. The van der Waals surface area contributed by atoms with Crippen molar-refractivity contribution in [3.8, 4) is 18.1 Å². The van der Waals surface area contributed by atoms with Crippen molar-refractivity contribution < 1.29 is 9.53 Å². The Hall–Kier alpha value is -2.25. The summed E-state index contributed by atoms with van der Waals surface area (Å²) in [5.74, 6) is 3.48. The molecule has 0 atom stereocenters. The number of benzene rings is 1. The first-order valence-corrected chi connectivity index (χ1v) is 8.28. The van der Waals surface area contributed by atoms with Crippen LogP contribution in [0.2, 0.25) is 0 Å². The Balaban J connectivity index is 2.53. The molecule has 1 rings (SSSR count). The Morgan fingerprint density at radius 2 is 2.00 bits per heavy atom. The van der Waals surface area contributed by atoms with E-state index in [1.54, 1.807) is 6.08 Å². The van der Waals surface area contributed by atoms with Gasteiger partial charge in [0.25, 0.3) is 0 Å². The largest absolute Gasteiger partial charge is 0.490 e. The van der Waals surface area contributed by atoms with Crippen molar-refractivity contribution in [3.05, 3.63) is 42.5 Å². The number of rotatable bonds is 10. The van der Waals surface area contributed by atoms with Gasteiger partial charge in [-0.1, -0.05) is 44.6 Å². The highest BCUT2D eigenvalue weighted by atomic mass is 16.5. The molecular weight excluding hydrogens is 300 g/mol. The third kappa shape index (κ3) is 6.10. The maximum absolute atomic E-state index is 12.2. The molecule has 1 aromatic carbocycles. The molecule has 0 spiro atoms. The Morgan fingerprint density at radius 3 is 2.50 bits per heavy atom. The number of ether oxygens (including phenoxy) is 1. The van der Waals surface area contributed by atoms with E-state index in [0.717, 1.165) is 24.2 Å². The van der Waals surface area contributed by atoms with Crippen LogP contribution in [0.3, 0.4) is 0 Å². The van der Waals surface area contributed by atoms with E-state index in [-0.39, 0.29) is 5.91 Å². The van der Waals surface area contributed by atoms with E-state index < -0.39 is 5.54 Å². The van der Waals surface area contributed by atoms with Gasteiger partial charge in [0.15, 0.2) is 0 Å². The van der Waals surface area contributed by atoms with Crippen LogP contribution >= 0.6 is 0 Å². The molecular formula is C20H28N2O2. The molecule has 0 saturated heterocycles. The van der Waals surface area contributed by atoms with Crippen molar-refractivity contribution >= 4 is 5.91 Å². The number of hydrogen-bond donors (Lipinski definition) is 1. The Labute approximate surface area is 145 Å². The number of nitrogens with zero attached hydrogens (tertiary/aromatic N) is 1. The average molecular weight is 328 g/mol. The van der Waals surface area contributed by atoms with Crippen LogP contribution < -0.4 is 10.1 Å². The molecule has 0 radical (unpaired) electrons. The van der Waals surface area contributed by atoms with Crippen LogP contribution in [-0.4, -0.2) is 36.5 Å². The quantitative estimate of drug-likeness (QED) is 0.530. The number of hydrogen-bond acceptors (Lipinski definition) is 3. The summed E-state index contributed by atoms with van der Waals surface area (Å²) in [4.78, 5) is 14.2. The molecule has 130 valence electrons. The molecule has 0 aliphatic carbocycles. The van der Waals surface area contributed by atoms with Crippen molar-refractivity contribution in [2.75, 3.05) is 20.2 Å². The smallest absolute Gasteiger partial charge is 0.235 e. The number of amides is 1. The van der Waals surface area contributed by atoms with E-state index in [1.165, 1.54) is 0 Å². The third-order valence-electron chi connectivity index (χ3n) is 4.02. The van der Waals surface area contributed by atoms with Crippen LogP contribution in [0.15, 0.2) is 36.9 Å². The number of carbonyl (C=O) groups excluding carboxylic acids is 1. The van der Waals surface area contributed by atoms with Gasteiger partial charge in [0.2, 0.25) is 5.91 Å². The molecule has 24 heavy (non-hydrogen) atoms. The van der Waals surface area contributed by atoms with E-state index >= 15 is 0 Å². The Morgan fingerprint density at radius 1 is 1.38 bits per heavy atom. The van der Waals surface area contributed by atoms with Crippen LogP contribution in [0.25, 0.3) is 0 Å². The molecule has 1 N–H and O–H groups in total. The maximum Gasteiger partial charge on any atom is 0.235 e. The van der Waals surface area contributed by atoms with Crippen molar-refractivity contribution in [1.29, 1.82) is 0 Å². The Bertz CT molecular complexity index is 568. The van der Waals surface area contributed by atoms with E-state index in [9.17, 15) is 4.79 Å². The lowest BCUT2D eigenvalue weighted by molar-refractivity contribution is -0.123. The topological polar surface area (TPSA) is 41.6 Å². The van der Waals surface area contributed by atoms with Gasteiger partial charge < -0.3 is 10.1 Å². The zero-order valence-electron chi connectivity index (χ0n) is 15.0. The number of likely N-dealkylation sites (N-methyl/N-ethyl adjacent to an activating group) is 1. The highest BCUT2D eigenvalue weighted by molar-refractivity contribution is 5.79. The SMILES string of the molecule is C#CC(CC)(CC)NC(=O)CN(C)Cc1ccc(OCC=C)cc1. The lowest BCUT2D eigenvalue weighted by atomic mass is 9.94. The summed E-state index contributed by atoms with van der Waals surface area (Å²) < 4.78 is 5.46. The maximum atomic E-state index is 12.2. The van der Waals surface area contributed by atoms with E-state index in [1.807, 2.05) is 50.1 Å². The highest BCUT2D eigenvalue weighted by Gasteiger charge is 2.25. The summed E-state index contributed by atoms with van der Waals surface area (Å²) in [5, 5.41) is 2.98. The molecule has 4 nitrogen and oxygen atoms in total. The molecule has 0 fully saturated rings. The van der Waals surface area contributed by atoms with Crippen LogP contribution in [0.5, 0.6) is 5.75 Å². The van der Waals surface area contributed by atoms with Crippen molar-refractivity contribution in [1.82, 2.24) is 10.2 Å². The zero-order chi connectivity index (χ0) is 18.0. The first-order valence-electron chi connectivity index (χ1n) is 8.28. The molecule has 0 aliphatic heterocycles. The van der Waals surface area contributed by atoms with Crippen molar-refractivity contribution in [2.24, 2.45) is 0 Å². The minimum absolute atomic E-state index is 0.0508. The molecule has 1 amide bonds. The third-order valence-corrected chi connectivity index (χ3v) is 4.02. The summed E-state index contributed by atoms with van der Waals surface area (Å²) in [6.45, 7) is 9.07. The van der Waals surface area contributed by atoms with Crippen molar-refractivity contribution in [3.63, 3.8) is 0 Å². The first kappa shape index (κ1) is 19.8. The highest BCUT2D eigenvalue weighted by Crippen LogP contribution is 2.15. The fraction of sp³-hybridized carbons (Fsp3) is 0.450. The normalized spacial score (nSPS) is 11.0. The lowest BCUT2D eigenvalue weighted by Gasteiger charge is -2.28. The molecule has 0 saturated carbocycles. The minimum Gasteiger partial charge on any atom is -0.490 e. The summed E-state index contributed by atoms with van der Waals surface area (Å²) in [5.41, 5.74) is 0.577. The van der Waals surface area contributed by atoms with Crippen LogP contribution in [-0.2, 0) is 11.3 Å². The van der Waals surface area contributed by atoms with Gasteiger partial charge in [0.1, 0.15) is 17.9 Å². The number of terminal acetylenes is 1. The van der Waals surface area contributed by atoms with Gasteiger partial charge in [0.05, 0.1) is 6.54 Å². The number of carbonyl (C=O) groups is 1. The molecule has 0 bridgehead atoms. The van der Waals surface area contributed by atoms with Gasteiger partial charge in [-0.25, -0.2) is 0 Å². The van der Waals surface area contributed by atoms with E-state index in [4.69, 9.17) is 11.2 Å². The molecule has 0 aromatic heterocycles. The minimum atomic E-state index is -0.540. The van der Waals surface area contributed by atoms with Gasteiger partial charge >= 0.3 is 0 Å². The van der Waals surface area contributed by atoms with Gasteiger partial charge in [-0.3, -0.25) is 9.69 Å². The predicted octanol–water partition coefficient (Wildman–Crippen LogP) is 2.99. The first-order chi connectivity index (χ1) is 11.5. The van der Waals surface area contributed by atoms with Gasteiger partial charge in [-0.05, 0) is 37.6 Å². The van der Waals surface area contributed by atoms with Gasteiger partial charge in [0, 0.05) is 6.54 Å². The van der Waals surface area contributed by atoms with E-state index in [2.05, 4.69) is 17.8 Å². The summed E-state index contributed by atoms with van der Waals surface area (Å²) in [6.07, 6.45) is 8.74. The van der Waals surface area contributed by atoms with Crippen LogP contribution in [0.1, 0.15) is 32.3 Å². The van der Waals surface area contributed by atoms with Gasteiger partial charge in [-0.15, -0.1) is 6.42 Å². The molecule has 1 aromatic rings. The monoisotopic (exact) mass is 328 g/mol. The lowest BCUT2D eigenvalue weighted by Crippen LogP contribution is -2.49. The summed E-state index contributed by atoms with van der Waals surface area (Å²) >= 11 is 0. The second-order valence-electron chi connectivity index (χ2n) is 5.90. The van der Waals surface area contributed by atoms with E-state index in [0.29, 0.717) is 19.7 Å². The van der Waals surface area contributed by atoms with Crippen molar-refractivity contribution in [2.45, 2.75) is 38.8 Å². The predicted molar refractivity (Wildman–Crippen MR) is 98.8 cm³/mol. The zero-order valence-corrected chi connectivity index (χ0v) is 15.0. The fourth-order valence-corrected chi connectivity index (χ4v) is 2.43. The molecule has 0 unspecified atom stereocenters. The molecule has 4 heteroatoms. The fourth-order valence-electron chi connectivity index (χ4n) is 2.43. The summed E-state index contributed by atoms with van der Waals surface area (Å²) in [6, 6.07) is 7.84.